The minimum Gasteiger partial charge on any atom is -0.493 e. The molecule has 1 aromatic carbocycles. The van der Waals surface area contributed by atoms with Gasteiger partial charge in [0.15, 0.2) is 0 Å². The lowest BCUT2D eigenvalue weighted by molar-refractivity contribution is -0.115. The minimum atomic E-state index is -0.0878. The van der Waals surface area contributed by atoms with E-state index in [-0.39, 0.29) is 11.4 Å². The van der Waals surface area contributed by atoms with Crippen LogP contribution < -0.4 is 15.4 Å². The molecule has 1 saturated heterocycles. The van der Waals surface area contributed by atoms with Crippen molar-refractivity contribution >= 4 is 17.9 Å². The maximum Gasteiger partial charge on any atom is 0.274 e. The average molecular weight is 363 g/mol. The summed E-state index contributed by atoms with van der Waals surface area (Å²) >= 11 is 0. The van der Waals surface area contributed by atoms with Gasteiger partial charge in [-0.3, -0.25) is 10.1 Å². The van der Waals surface area contributed by atoms with Gasteiger partial charge in [0.2, 0.25) is 5.96 Å². The van der Waals surface area contributed by atoms with Gasteiger partial charge in [-0.1, -0.05) is 6.07 Å². The molecule has 4 saturated carbocycles. The van der Waals surface area contributed by atoms with Crippen LogP contribution in [0.1, 0.15) is 49.7 Å². The topological polar surface area (TPSA) is 62.7 Å². The first-order valence-corrected chi connectivity index (χ1v) is 10.3. The van der Waals surface area contributed by atoms with Gasteiger partial charge in [-0.15, -0.1) is 0 Å². The number of carbonyl (C=O) groups is 1. The van der Waals surface area contributed by atoms with Crippen LogP contribution in [0.15, 0.2) is 28.9 Å². The van der Waals surface area contributed by atoms with Crippen molar-refractivity contribution in [1.82, 2.24) is 10.6 Å². The molecule has 0 atom stereocenters. The Balaban J connectivity index is 1.25. The highest BCUT2D eigenvalue weighted by atomic mass is 16.5. The SMILES string of the molecule is O=C1NC(=NC23CC4CC(CC(C4)C2)C3)N/C1=C\c1ccc2c(c1)CCO2. The molecule has 140 valence electrons. The Morgan fingerprint density at radius 2 is 1.81 bits per heavy atom. The van der Waals surface area contributed by atoms with Gasteiger partial charge in [-0.2, -0.15) is 0 Å². The molecule has 2 aliphatic heterocycles. The highest BCUT2D eigenvalue weighted by Gasteiger charge is 2.51. The summed E-state index contributed by atoms with van der Waals surface area (Å²) in [5.41, 5.74) is 2.88. The summed E-state index contributed by atoms with van der Waals surface area (Å²) in [5.74, 6) is 4.07. The fraction of sp³-hybridized carbons (Fsp3) is 0.545. The highest BCUT2D eigenvalue weighted by Crippen LogP contribution is 2.57. The normalized spacial score (nSPS) is 38.8. The molecule has 0 unspecified atom stereocenters. The molecule has 2 heterocycles. The summed E-state index contributed by atoms with van der Waals surface area (Å²) in [4.78, 5) is 17.5. The third kappa shape index (κ3) is 2.67. The van der Waals surface area contributed by atoms with Crippen molar-refractivity contribution < 1.29 is 9.53 Å². The Bertz CT molecular complexity index is 850. The number of benzene rings is 1. The van der Waals surface area contributed by atoms with Gasteiger partial charge in [0, 0.05) is 6.42 Å². The summed E-state index contributed by atoms with van der Waals surface area (Å²) in [6.07, 6.45) is 10.6. The standard InChI is InChI=1S/C22H25N3O2/c26-20-18(9-13-1-2-19-17(8-13)3-4-27-19)23-21(24-20)25-22-10-14-5-15(11-22)7-16(6-14)12-22/h1-2,8-9,14-16H,3-7,10-12H2,(H2,23,24,25,26)/b18-9-. The van der Waals surface area contributed by atoms with Crippen molar-refractivity contribution in [3.8, 4) is 5.75 Å². The van der Waals surface area contributed by atoms with Crippen LogP contribution >= 0.6 is 0 Å². The Labute approximate surface area is 159 Å². The van der Waals surface area contributed by atoms with Crippen LogP contribution in [0.2, 0.25) is 0 Å². The van der Waals surface area contributed by atoms with Crippen LogP contribution in [0.25, 0.3) is 6.08 Å². The van der Waals surface area contributed by atoms with Crippen molar-refractivity contribution in [1.29, 1.82) is 0 Å². The number of hydrogen-bond acceptors (Lipinski definition) is 3. The second-order valence-electron chi connectivity index (χ2n) is 9.21. The number of fused-ring (bicyclic) bond motifs is 1. The third-order valence-corrected chi connectivity index (χ3v) is 7.11. The average Bonchev–Trinajstić information content (AvgIpc) is 3.19. The van der Waals surface area contributed by atoms with Crippen LogP contribution in [-0.2, 0) is 11.2 Å². The second kappa shape index (κ2) is 5.60. The van der Waals surface area contributed by atoms with Crippen molar-refractivity contribution in [2.24, 2.45) is 22.7 Å². The van der Waals surface area contributed by atoms with Gasteiger partial charge in [0.05, 0.1) is 12.1 Å². The molecule has 7 rings (SSSR count). The van der Waals surface area contributed by atoms with E-state index in [1.54, 1.807) is 0 Å². The lowest BCUT2D eigenvalue weighted by atomic mass is 9.53. The number of amides is 1. The Hall–Kier alpha value is -2.30. The van der Waals surface area contributed by atoms with Crippen molar-refractivity contribution in [3.63, 3.8) is 0 Å². The van der Waals surface area contributed by atoms with E-state index in [1.165, 1.54) is 44.1 Å². The lowest BCUT2D eigenvalue weighted by Crippen LogP contribution is -2.50. The summed E-state index contributed by atoms with van der Waals surface area (Å²) < 4.78 is 5.56. The number of nitrogens with one attached hydrogen (secondary N) is 2. The predicted molar refractivity (Wildman–Crippen MR) is 103 cm³/mol. The Morgan fingerprint density at radius 1 is 1.07 bits per heavy atom. The van der Waals surface area contributed by atoms with E-state index in [0.29, 0.717) is 11.7 Å². The van der Waals surface area contributed by atoms with E-state index in [1.807, 2.05) is 18.2 Å². The zero-order valence-electron chi connectivity index (χ0n) is 15.5. The number of nitrogens with zero attached hydrogens (tertiary/aromatic N) is 1. The van der Waals surface area contributed by atoms with Crippen LogP contribution in [0.4, 0.5) is 0 Å². The van der Waals surface area contributed by atoms with Gasteiger partial charge >= 0.3 is 0 Å². The Morgan fingerprint density at radius 3 is 2.56 bits per heavy atom. The number of aliphatic imine (C=N–C) groups is 1. The van der Waals surface area contributed by atoms with Crippen LogP contribution in [0.5, 0.6) is 5.75 Å². The molecule has 0 radical (unpaired) electrons. The van der Waals surface area contributed by atoms with Crippen molar-refractivity contribution in [2.45, 2.75) is 50.5 Å². The predicted octanol–water partition coefficient (Wildman–Crippen LogP) is 3.01. The maximum atomic E-state index is 12.5. The molecule has 0 spiro atoms. The van der Waals surface area contributed by atoms with Crippen LogP contribution in [0, 0.1) is 17.8 Å². The largest absolute Gasteiger partial charge is 0.493 e. The quantitative estimate of drug-likeness (QED) is 0.794. The molecule has 5 nitrogen and oxygen atoms in total. The molecule has 2 N–H and O–H groups in total. The smallest absolute Gasteiger partial charge is 0.274 e. The molecule has 0 aromatic heterocycles. The molecule has 4 bridgehead atoms. The molecule has 5 heteroatoms. The zero-order valence-corrected chi connectivity index (χ0v) is 15.5. The first kappa shape index (κ1) is 15.7. The van der Waals surface area contributed by atoms with Gasteiger partial charge in [-0.05, 0) is 85.6 Å². The minimum absolute atomic E-state index is 0.0602. The summed E-state index contributed by atoms with van der Waals surface area (Å²) in [7, 11) is 0. The van der Waals surface area contributed by atoms with E-state index < -0.39 is 0 Å². The molecule has 1 amide bonds. The molecule has 5 fully saturated rings. The molecule has 1 aromatic rings. The number of ether oxygens (including phenoxy) is 1. The third-order valence-electron chi connectivity index (χ3n) is 7.11. The van der Waals surface area contributed by atoms with E-state index in [2.05, 4.69) is 16.7 Å². The number of guanidine groups is 1. The molecular formula is C22H25N3O2. The fourth-order valence-electron chi connectivity index (χ4n) is 6.45. The molecule has 27 heavy (non-hydrogen) atoms. The lowest BCUT2D eigenvalue weighted by Gasteiger charge is -2.54. The molecule has 4 aliphatic carbocycles. The van der Waals surface area contributed by atoms with Crippen molar-refractivity contribution in [3.05, 3.63) is 35.0 Å². The van der Waals surface area contributed by atoms with E-state index in [9.17, 15) is 4.79 Å². The summed E-state index contributed by atoms with van der Waals surface area (Å²) in [5, 5.41) is 6.21. The first-order valence-electron chi connectivity index (χ1n) is 10.3. The monoisotopic (exact) mass is 363 g/mol. The van der Waals surface area contributed by atoms with Gasteiger partial charge in [0.25, 0.3) is 5.91 Å². The van der Waals surface area contributed by atoms with E-state index >= 15 is 0 Å². The highest BCUT2D eigenvalue weighted by molar-refractivity contribution is 6.15. The van der Waals surface area contributed by atoms with Gasteiger partial charge in [0.1, 0.15) is 11.4 Å². The van der Waals surface area contributed by atoms with Crippen molar-refractivity contribution in [2.75, 3.05) is 6.61 Å². The molecular weight excluding hydrogens is 338 g/mol. The fourth-order valence-corrected chi connectivity index (χ4v) is 6.45. The number of carbonyl (C=O) groups excluding carboxylic acids is 1. The van der Waals surface area contributed by atoms with E-state index in [0.717, 1.165) is 42.1 Å². The Kier molecular flexibility index (Phi) is 3.26. The summed E-state index contributed by atoms with van der Waals surface area (Å²) in [6.45, 7) is 0.746. The van der Waals surface area contributed by atoms with Gasteiger partial charge in [-0.25, -0.2) is 4.99 Å². The van der Waals surface area contributed by atoms with E-state index in [4.69, 9.17) is 9.73 Å². The van der Waals surface area contributed by atoms with Crippen LogP contribution in [0.3, 0.4) is 0 Å². The first-order chi connectivity index (χ1) is 13.1. The molecule has 6 aliphatic rings. The second-order valence-corrected chi connectivity index (χ2v) is 9.21. The number of rotatable bonds is 2. The number of hydrogen-bond donors (Lipinski definition) is 2. The maximum absolute atomic E-state index is 12.5. The summed E-state index contributed by atoms with van der Waals surface area (Å²) in [6, 6.07) is 6.10. The zero-order chi connectivity index (χ0) is 18.0. The van der Waals surface area contributed by atoms with Gasteiger partial charge < -0.3 is 10.1 Å². The van der Waals surface area contributed by atoms with Crippen LogP contribution in [-0.4, -0.2) is 24.0 Å².